The lowest BCUT2D eigenvalue weighted by Gasteiger charge is -2.22. The van der Waals surface area contributed by atoms with Crippen molar-refractivity contribution in [2.45, 2.75) is 58.0 Å². The van der Waals surface area contributed by atoms with Crippen LogP contribution in [-0.2, 0) is 11.8 Å². The summed E-state index contributed by atoms with van der Waals surface area (Å²) in [6.45, 7) is 6.66. The minimum absolute atomic E-state index is 0.168. The van der Waals surface area contributed by atoms with Crippen molar-refractivity contribution in [3.63, 3.8) is 0 Å². The van der Waals surface area contributed by atoms with Gasteiger partial charge in [-0.25, -0.2) is 0 Å². The highest BCUT2D eigenvalue weighted by Crippen LogP contribution is 2.32. The highest BCUT2D eigenvalue weighted by Gasteiger charge is 2.20. The average Bonchev–Trinajstić information content (AvgIpc) is 2.39. The van der Waals surface area contributed by atoms with Crippen molar-refractivity contribution in [3.05, 3.63) is 34.9 Å². The maximum Gasteiger partial charge on any atom is 0.0792 e. The Labute approximate surface area is 98.5 Å². The summed E-state index contributed by atoms with van der Waals surface area (Å²) in [6, 6.07) is 6.65. The molecule has 1 heteroatoms. The summed E-state index contributed by atoms with van der Waals surface area (Å²) in [6.07, 6.45) is 4.14. The van der Waals surface area contributed by atoms with Gasteiger partial charge in [0.05, 0.1) is 6.10 Å². The quantitative estimate of drug-likeness (QED) is 0.658. The Balaban J connectivity index is 2.43. The number of aliphatic hydroxyl groups is 1. The Kier molecular flexibility index (Phi) is 3.07. The first-order valence-electron chi connectivity index (χ1n) is 6.30. The first-order chi connectivity index (χ1) is 7.48. The molecule has 0 heterocycles. The van der Waals surface area contributed by atoms with Crippen LogP contribution in [0.25, 0.3) is 0 Å². The van der Waals surface area contributed by atoms with Crippen molar-refractivity contribution in [1.29, 1.82) is 0 Å². The fourth-order valence-electron chi connectivity index (χ4n) is 2.41. The second kappa shape index (κ2) is 4.21. The van der Waals surface area contributed by atoms with E-state index in [1.807, 2.05) is 0 Å². The van der Waals surface area contributed by atoms with Gasteiger partial charge < -0.3 is 5.11 Å². The van der Waals surface area contributed by atoms with E-state index in [9.17, 15) is 5.11 Å². The lowest BCUT2D eigenvalue weighted by molar-refractivity contribution is 0.166. The third kappa shape index (κ3) is 2.30. The SMILES string of the molecule is CC(C)(C)c1ccc2c(c1)[C@@H](O)CCCC2. The molecule has 1 N–H and O–H groups in total. The zero-order chi connectivity index (χ0) is 11.8. The van der Waals surface area contributed by atoms with Crippen LogP contribution in [0.1, 0.15) is 62.8 Å². The predicted molar refractivity (Wildman–Crippen MR) is 67.7 cm³/mol. The van der Waals surface area contributed by atoms with Gasteiger partial charge in [0.15, 0.2) is 0 Å². The van der Waals surface area contributed by atoms with Crippen molar-refractivity contribution in [1.82, 2.24) is 0 Å². The minimum atomic E-state index is -0.250. The maximum absolute atomic E-state index is 10.1. The van der Waals surface area contributed by atoms with E-state index in [1.165, 1.54) is 23.1 Å². The van der Waals surface area contributed by atoms with Crippen molar-refractivity contribution < 1.29 is 5.11 Å². The first-order valence-corrected chi connectivity index (χ1v) is 6.30. The molecule has 2 rings (SSSR count). The molecule has 0 aromatic heterocycles. The average molecular weight is 218 g/mol. The summed E-state index contributed by atoms with van der Waals surface area (Å²) >= 11 is 0. The largest absolute Gasteiger partial charge is 0.388 e. The highest BCUT2D eigenvalue weighted by molar-refractivity contribution is 5.37. The number of hydrogen-bond acceptors (Lipinski definition) is 1. The number of aryl methyl sites for hydroxylation is 1. The molecule has 88 valence electrons. The molecular formula is C15H22O. The molecule has 0 saturated carbocycles. The Hall–Kier alpha value is -0.820. The van der Waals surface area contributed by atoms with Crippen molar-refractivity contribution in [2.24, 2.45) is 0 Å². The van der Waals surface area contributed by atoms with Crippen LogP contribution < -0.4 is 0 Å². The minimum Gasteiger partial charge on any atom is -0.388 e. The molecule has 0 radical (unpaired) electrons. The van der Waals surface area contributed by atoms with Gasteiger partial charge in [-0.3, -0.25) is 0 Å². The van der Waals surface area contributed by atoms with Crippen LogP contribution in [0, 0.1) is 0 Å². The lowest BCUT2D eigenvalue weighted by atomic mass is 9.84. The van der Waals surface area contributed by atoms with Gasteiger partial charge in [-0.1, -0.05) is 45.4 Å². The molecule has 0 spiro atoms. The molecule has 0 saturated heterocycles. The molecular weight excluding hydrogens is 196 g/mol. The van der Waals surface area contributed by atoms with Crippen LogP contribution in [-0.4, -0.2) is 5.11 Å². The van der Waals surface area contributed by atoms with E-state index in [2.05, 4.69) is 39.0 Å². The molecule has 0 unspecified atom stereocenters. The summed E-state index contributed by atoms with van der Waals surface area (Å²) in [5, 5.41) is 10.1. The smallest absolute Gasteiger partial charge is 0.0792 e. The predicted octanol–water partition coefficient (Wildman–Crippen LogP) is 3.74. The molecule has 0 amide bonds. The standard InChI is InChI=1S/C15H22O/c1-15(2,3)12-9-8-11-6-4-5-7-14(16)13(11)10-12/h8-10,14,16H,4-7H2,1-3H3/t14-/m0/s1. The topological polar surface area (TPSA) is 20.2 Å². The monoisotopic (exact) mass is 218 g/mol. The summed E-state index contributed by atoms with van der Waals surface area (Å²) in [4.78, 5) is 0. The van der Waals surface area contributed by atoms with E-state index in [4.69, 9.17) is 0 Å². The number of aliphatic hydroxyl groups excluding tert-OH is 1. The fourth-order valence-corrected chi connectivity index (χ4v) is 2.41. The molecule has 1 aromatic carbocycles. The molecule has 1 nitrogen and oxygen atoms in total. The van der Waals surface area contributed by atoms with Gasteiger partial charge >= 0.3 is 0 Å². The Morgan fingerprint density at radius 2 is 1.94 bits per heavy atom. The van der Waals surface area contributed by atoms with Crippen LogP contribution in [0.15, 0.2) is 18.2 Å². The Bertz CT molecular complexity index is 374. The number of rotatable bonds is 0. The highest BCUT2D eigenvalue weighted by atomic mass is 16.3. The molecule has 16 heavy (non-hydrogen) atoms. The van der Waals surface area contributed by atoms with Crippen molar-refractivity contribution in [3.8, 4) is 0 Å². The van der Waals surface area contributed by atoms with Gasteiger partial charge in [-0.15, -0.1) is 0 Å². The van der Waals surface area contributed by atoms with E-state index in [-0.39, 0.29) is 11.5 Å². The summed E-state index contributed by atoms with van der Waals surface area (Å²) in [7, 11) is 0. The van der Waals surface area contributed by atoms with E-state index in [1.54, 1.807) is 0 Å². The van der Waals surface area contributed by atoms with E-state index >= 15 is 0 Å². The number of hydrogen-bond donors (Lipinski definition) is 1. The number of fused-ring (bicyclic) bond motifs is 1. The van der Waals surface area contributed by atoms with E-state index < -0.39 is 0 Å². The van der Waals surface area contributed by atoms with Gasteiger partial charge in [0.25, 0.3) is 0 Å². The van der Waals surface area contributed by atoms with E-state index in [0.29, 0.717) is 0 Å². The molecule has 0 bridgehead atoms. The summed E-state index contributed by atoms with van der Waals surface area (Å²) in [5.41, 5.74) is 4.01. The molecule has 0 aliphatic heterocycles. The zero-order valence-corrected chi connectivity index (χ0v) is 10.6. The fraction of sp³-hybridized carbons (Fsp3) is 0.600. The third-order valence-electron chi connectivity index (χ3n) is 3.54. The Morgan fingerprint density at radius 1 is 1.19 bits per heavy atom. The second-order valence-corrected chi connectivity index (χ2v) is 5.93. The van der Waals surface area contributed by atoms with Gasteiger partial charge in [0, 0.05) is 0 Å². The summed E-state index contributed by atoms with van der Waals surface area (Å²) in [5.74, 6) is 0. The van der Waals surface area contributed by atoms with Crippen LogP contribution >= 0.6 is 0 Å². The lowest BCUT2D eigenvalue weighted by Crippen LogP contribution is -2.12. The summed E-state index contributed by atoms with van der Waals surface area (Å²) < 4.78 is 0. The maximum atomic E-state index is 10.1. The molecule has 1 aliphatic carbocycles. The zero-order valence-electron chi connectivity index (χ0n) is 10.6. The second-order valence-electron chi connectivity index (χ2n) is 5.93. The normalized spacial score (nSPS) is 21.4. The van der Waals surface area contributed by atoms with Crippen LogP contribution in [0.3, 0.4) is 0 Å². The van der Waals surface area contributed by atoms with Crippen molar-refractivity contribution >= 4 is 0 Å². The van der Waals surface area contributed by atoms with E-state index in [0.717, 1.165) is 19.3 Å². The number of benzene rings is 1. The molecule has 0 fully saturated rings. The van der Waals surface area contributed by atoms with Gasteiger partial charge in [-0.2, -0.15) is 0 Å². The van der Waals surface area contributed by atoms with Crippen LogP contribution in [0.2, 0.25) is 0 Å². The van der Waals surface area contributed by atoms with Crippen LogP contribution in [0.4, 0.5) is 0 Å². The molecule has 1 aliphatic rings. The molecule has 1 aromatic rings. The van der Waals surface area contributed by atoms with Gasteiger partial charge in [-0.05, 0) is 41.4 Å². The van der Waals surface area contributed by atoms with Gasteiger partial charge in [0.2, 0.25) is 0 Å². The first kappa shape index (κ1) is 11.7. The van der Waals surface area contributed by atoms with Gasteiger partial charge in [0.1, 0.15) is 0 Å². The third-order valence-corrected chi connectivity index (χ3v) is 3.54. The van der Waals surface area contributed by atoms with Crippen LogP contribution in [0.5, 0.6) is 0 Å². The van der Waals surface area contributed by atoms with Crippen molar-refractivity contribution in [2.75, 3.05) is 0 Å². The molecule has 1 atom stereocenters. The Morgan fingerprint density at radius 3 is 2.62 bits per heavy atom.